The zero-order valence-electron chi connectivity index (χ0n) is 19.4. The molecule has 0 aliphatic carbocycles. The molecule has 2 aromatic carbocycles. The Morgan fingerprint density at radius 2 is 1.85 bits per heavy atom. The molecule has 0 spiro atoms. The smallest absolute Gasteiger partial charge is 0.337 e. The van der Waals surface area contributed by atoms with Crippen LogP contribution >= 0.6 is 0 Å². The van der Waals surface area contributed by atoms with Crippen molar-refractivity contribution in [2.75, 3.05) is 33.4 Å². The lowest BCUT2D eigenvalue weighted by Gasteiger charge is -2.42. The fraction of sp³-hybridized carbons (Fsp3) is 0.481. The monoisotopic (exact) mass is 450 g/mol. The molecule has 2 aromatic rings. The minimum absolute atomic E-state index is 0.0213. The van der Waals surface area contributed by atoms with Gasteiger partial charge < -0.3 is 19.7 Å². The Labute approximate surface area is 196 Å². The number of nitrogens with one attached hydrogen (secondary N) is 1. The quantitative estimate of drug-likeness (QED) is 0.466. The van der Waals surface area contributed by atoms with Gasteiger partial charge in [-0.2, -0.15) is 0 Å². The number of nitrogens with zero attached hydrogens (tertiary/aromatic N) is 1. The van der Waals surface area contributed by atoms with Crippen LogP contribution in [0.5, 0.6) is 0 Å². The van der Waals surface area contributed by atoms with Gasteiger partial charge in [0.1, 0.15) is 0 Å². The average molecular weight is 451 g/mol. The normalized spacial score (nSPS) is 20.1. The van der Waals surface area contributed by atoms with Crippen LogP contribution in [-0.4, -0.2) is 56.2 Å². The highest BCUT2D eigenvalue weighted by Crippen LogP contribution is 2.38. The van der Waals surface area contributed by atoms with Crippen LogP contribution in [0.15, 0.2) is 54.6 Å². The summed E-state index contributed by atoms with van der Waals surface area (Å²) in [5.74, 6) is -0.0431. The first kappa shape index (κ1) is 23.5. The van der Waals surface area contributed by atoms with Gasteiger partial charge in [0.05, 0.1) is 12.7 Å². The zero-order valence-corrected chi connectivity index (χ0v) is 19.4. The topological polar surface area (TPSA) is 67.9 Å². The SMILES string of the molecule is COC(=O)c1ccc(CNCCC2CCC(=O)N2CC2(c3ccccc3)CCOCC2)cc1. The molecule has 4 rings (SSSR count). The highest BCUT2D eigenvalue weighted by atomic mass is 16.5. The van der Waals surface area contributed by atoms with E-state index in [0.29, 0.717) is 12.0 Å². The number of ether oxygens (including phenoxy) is 2. The van der Waals surface area contributed by atoms with Crippen LogP contribution in [0.25, 0.3) is 0 Å². The number of benzene rings is 2. The molecule has 1 N–H and O–H groups in total. The fourth-order valence-electron chi connectivity index (χ4n) is 5.11. The van der Waals surface area contributed by atoms with Crippen LogP contribution in [0, 0.1) is 0 Å². The summed E-state index contributed by atoms with van der Waals surface area (Å²) in [5, 5.41) is 3.50. The van der Waals surface area contributed by atoms with Gasteiger partial charge in [0.25, 0.3) is 0 Å². The largest absolute Gasteiger partial charge is 0.465 e. The Hall–Kier alpha value is -2.70. The van der Waals surface area contributed by atoms with Gasteiger partial charge >= 0.3 is 5.97 Å². The average Bonchev–Trinajstić information content (AvgIpc) is 3.21. The molecule has 6 nitrogen and oxygen atoms in total. The summed E-state index contributed by atoms with van der Waals surface area (Å²) in [5.41, 5.74) is 2.97. The molecule has 33 heavy (non-hydrogen) atoms. The standard InChI is InChI=1S/C27H34N2O4/c1-32-26(31)22-9-7-21(8-10-22)19-28-16-13-24-11-12-25(30)29(24)20-27(14-17-33-18-15-27)23-5-3-2-4-6-23/h2-10,24,28H,11-20H2,1H3. The molecule has 0 radical (unpaired) electrons. The summed E-state index contributed by atoms with van der Waals surface area (Å²) in [6.45, 7) is 3.84. The van der Waals surface area contributed by atoms with E-state index in [4.69, 9.17) is 9.47 Å². The van der Waals surface area contributed by atoms with Crippen LogP contribution in [0.3, 0.4) is 0 Å². The third-order valence-corrected chi connectivity index (χ3v) is 7.12. The number of esters is 1. The van der Waals surface area contributed by atoms with E-state index < -0.39 is 0 Å². The van der Waals surface area contributed by atoms with Gasteiger partial charge in [-0.05, 0) is 55.5 Å². The van der Waals surface area contributed by atoms with Crippen LogP contribution in [0.4, 0.5) is 0 Å². The summed E-state index contributed by atoms with van der Waals surface area (Å²) >= 11 is 0. The maximum Gasteiger partial charge on any atom is 0.337 e. The maximum absolute atomic E-state index is 12.8. The molecule has 2 aliphatic rings. The summed E-state index contributed by atoms with van der Waals surface area (Å²) in [7, 11) is 1.39. The summed E-state index contributed by atoms with van der Waals surface area (Å²) in [6, 6.07) is 18.4. The van der Waals surface area contributed by atoms with E-state index in [1.165, 1.54) is 12.7 Å². The second-order valence-electron chi connectivity index (χ2n) is 9.13. The number of methoxy groups -OCH3 is 1. The first-order valence-electron chi connectivity index (χ1n) is 11.9. The van der Waals surface area contributed by atoms with Gasteiger partial charge in [-0.1, -0.05) is 42.5 Å². The Balaban J connectivity index is 1.33. The van der Waals surface area contributed by atoms with Gasteiger partial charge in [-0.15, -0.1) is 0 Å². The molecular formula is C27H34N2O4. The Bertz CT molecular complexity index is 923. The maximum atomic E-state index is 12.8. The molecule has 1 amide bonds. The minimum atomic E-state index is -0.321. The van der Waals surface area contributed by atoms with E-state index in [0.717, 1.165) is 64.1 Å². The lowest BCUT2D eigenvalue weighted by atomic mass is 9.73. The van der Waals surface area contributed by atoms with E-state index in [2.05, 4.69) is 40.5 Å². The van der Waals surface area contributed by atoms with Crippen molar-refractivity contribution in [1.82, 2.24) is 10.2 Å². The molecule has 2 aliphatic heterocycles. The number of carbonyl (C=O) groups is 2. The molecule has 1 unspecified atom stereocenters. The first-order valence-corrected chi connectivity index (χ1v) is 11.9. The zero-order chi connectivity index (χ0) is 23.1. The van der Waals surface area contributed by atoms with E-state index in [-0.39, 0.29) is 23.3 Å². The Morgan fingerprint density at radius 3 is 2.55 bits per heavy atom. The molecule has 2 fully saturated rings. The molecule has 0 bridgehead atoms. The van der Waals surface area contributed by atoms with Crippen molar-refractivity contribution in [3.8, 4) is 0 Å². The second-order valence-corrected chi connectivity index (χ2v) is 9.13. The highest BCUT2D eigenvalue weighted by molar-refractivity contribution is 5.89. The Kier molecular flexibility index (Phi) is 7.78. The lowest BCUT2D eigenvalue weighted by molar-refractivity contribution is -0.130. The molecular weight excluding hydrogens is 416 g/mol. The first-order chi connectivity index (χ1) is 16.1. The van der Waals surface area contributed by atoms with Crippen LogP contribution < -0.4 is 5.32 Å². The summed E-state index contributed by atoms with van der Waals surface area (Å²) < 4.78 is 10.4. The molecule has 0 aromatic heterocycles. The molecule has 6 heteroatoms. The molecule has 0 saturated carbocycles. The van der Waals surface area contributed by atoms with Gasteiger partial charge in [0.2, 0.25) is 5.91 Å². The summed E-state index contributed by atoms with van der Waals surface area (Å²) in [6.07, 6.45) is 4.41. The van der Waals surface area contributed by atoms with Crippen molar-refractivity contribution in [2.45, 2.75) is 50.1 Å². The predicted octanol–water partition coefficient (Wildman–Crippen LogP) is 3.69. The Morgan fingerprint density at radius 1 is 1.12 bits per heavy atom. The van der Waals surface area contributed by atoms with E-state index in [1.54, 1.807) is 12.1 Å². The van der Waals surface area contributed by atoms with E-state index in [9.17, 15) is 9.59 Å². The number of likely N-dealkylation sites (tertiary alicyclic amines) is 1. The number of amides is 1. The van der Waals surface area contributed by atoms with Crippen molar-refractivity contribution in [1.29, 1.82) is 0 Å². The van der Waals surface area contributed by atoms with Crippen LogP contribution in [0.1, 0.15) is 53.6 Å². The number of hydrogen-bond acceptors (Lipinski definition) is 5. The van der Waals surface area contributed by atoms with Crippen molar-refractivity contribution in [3.63, 3.8) is 0 Å². The van der Waals surface area contributed by atoms with Gasteiger partial charge in [-0.25, -0.2) is 4.79 Å². The van der Waals surface area contributed by atoms with Crippen molar-refractivity contribution in [3.05, 3.63) is 71.3 Å². The predicted molar refractivity (Wildman–Crippen MR) is 127 cm³/mol. The molecule has 2 saturated heterocycles. The van der Waals surface area contributed by atoms with Gasteiger partial charge in [0.15, 0.2) is 0 Å². The highest BCUT2D eigenvalue weighted by Gasteiger charge is 2.41. The second kappa shape index (κ2) is 10.9. The molecule has 176 valence electrons. The molecule has 2 heterocycles. The van der Waals surface area contributed by atoms with Crippen molar-refractivity contribution < 1.29 is 19.1 Å². The number of hydrogen-bond donors (Lipinski definition) is 1. The third-order valence-electron chi connectivity index (χ3n) is 7.12. The number of carbonyl (C=O) groups excluding carboxylic acids is 2. The van der Waals surface area contributed by atoms with Crippen molar-refractivity contribution >= 4 is 11.9 Å². The number of rotatable bonds is 9. The van der Waals surface area contributed by atoms with Crippen LogP contribution in [0.2, 0.25) is 0 Å². The molecule has 1 atom stereocenters. The van der Waals surface area contributed by atoms with Crippen molar-refractivity contribution in [2.24, 2.45) is 0 Å². The van der Waals surface area contributed by atoms with Crippen LogP contribution in [-0.2, 0) is 26.2 Å². The summed E-state index contributed by atoms with van der Waals surface area (Å²) in [4.78, 5) is 26.5. The van der Waals surface area contributed by atoms with Gasteiger partial charge in [-0.3, -0.25) is 4.79 Å². The third kappa shape index (κ3) is 5.63. The minimum Gasteiger partial charge on any atom is -0.465 e. The van der Waals surface area contributed by atoms with Gasteiger partial charge in [0, 0.05) is 44.2 Å². The lowest BCUT2D eigenvalue weighted by Crippen LogP contribution is -2.48. The fourth-order valence-corrected chi connectivity index (χ4v) is 5.11. The van der Waals surface area contributed by atoms with E-state index in [1.807, 2.05) is 12.1 Å². The van der Waals surface area contributed by atoms with E-state index >= 15 is 0 Å².